The van der Waals surface area contributed by atoms with E-state index >= 15 is 0 Å². The van der Waals surface area contributed by atoms with E-state index in [0.717, 1.165) is 18.4 Å². The number of benzene rings is 1. The molecule has 24 heavy (non-hydrogen) atoms. The largest absolute Gasteiger partial charge is 0.466 e. The SMILES string of the molecule is CCOC(=O)CC(C)C(C1CCCCC1)N(O)Cc1ccccc1. The van der Waals surface area contributed by atoms with Crippen LogP contribution in [0.5, 0.6) is 0 Å². The highest BCUT2D eigenvalue weighted by Crippen LogP contribution is 2.34. The van der Waals surface area contributed by atoms with Crippen molar-refractivity contribution in [3.05, 3.63) is 35.9 Å². The van der Waals surface area contributed by atoms with Crippen LogP contribution >= 0.6 is 0 Å². The van der Waals surface area contributed by atoms with Gasteiger partial charge in [0.1, 0.15) is 0 Å². The van der Waals surface area contributed by atoms with Gasteiger partial charge in [-0.2, -0.15) is 5.06 Å². The standard InChI is InChI=1S/C20H31NO3/c1-3-24-19(22)14-16(2)20(18-12-8-5-9-13-18)21(23)15-17-10-6-4-7-11-17/h4,6-7,10-11,16,18,20,23H,3,5,8-9,12-15H2,1-2H3. The molecule has 4 nitrogen and oxygen atoms in total. The fraction of sp³-hybridized carbons (Fsp3) is 0.650. The zero-order valence-corrected chi connectivity index (χ0v) is 15.0. The maximum atomic E-state index is 11.9. The first-order valence-corrected chi connectivity index (χ1v) is 9.27. The molecule has 1 aliphatic carbocycles. The molecule has 1 saturated carbocycles. The third-order valence-corrected chi connectivity index (χ3v) is 5.04. The molecule has 0 amide bonds. The second-order valence-electron chi connectivity index (χ2n) is 6.96. The van der Waals surface area contributed by atoms with E-state index < -0.39 is 0 Å². The van der Waals surface area contributed by atoms with Gasteiger partial charge in [-0.05, 0) is 37.2 Å². The molecule has 0 spiro atoms. The first-order chi connectivity index (χ1) is 11.6. The van der Waals surface area contributed by atoms with E-state index in [1.54, 1.807) is 0 Å². The van der Waals surface area contributed by atoms with Crippen LogP contribution in [0, 0.1) is 11.8 Å². The lowest BCUT2D eigenvalue weighted by molar-refractivity contribution is -0.172. The van der Waals surface area contributed by atoms with Crippen LogP contribution in [0.3, 0.4) is 0 Å². The van der Waals surface area contributed by atoms with Crippen molar-refractivity contribution in [1.29, 1.82) is 0 Å². The molecule has 1 aliphatic rings. The summed E-state index contributed by atoms with van der Waals surface area (Å²) in [5, 5.41) is 12.3. The number of rotatable bonds is 8. The molecule has 2 rings (SSSR count). The molecular weight excluding hydrogens is 302 g/mol. The van der Waals surface area contributed by atoms with E-state index in [2.05, 4.69) is 6.92 Å². The van der Waals surface area contributed by atoms with Gasteiger partial charge < -0.3 is 9.94 Å². The molecule has 1 aromatic rings. The summed E-state index contributed by atoms with van der Waals surface area (Å²) >= 11 is 0. The number of hydrogen-bond donors (Lipinski definition) is 1. The number of carbonyl (C=O) groups excluding carboxylic acids is 1. The van der Waals surface area contributed by atoms with Gasteiger partial charge in [0.15, 0.2) is 0 Å². The molecule has 0 bridgehead atoms. The molecule has 4 heteroatoms. The Hall–Kier alpha value is -1.39. The van der Waals surface area contributed by atoms with Crippen molar-refractivity contribution in [3.63, 3.8) is 0 Å². The van der Waals surface area contributed by atoms with E-state index in [1.807, 2.05) is 37.3 Å². The third kappa shape index (κ3) is 5.60. The lowest BCUT2D eigenvalue weighted by Gasteiger charge is -2.38. The Morgan fingerprint density at radius 1 is 1.25 bits per heavy atom. The Balaban J connectivity index is 2.07. The van der Waals surface area contributed by atoms with Crippen LogP contribution in [0.15, 0.2) is 30.3 Å². The van der Waals surface area contributed by atoms with Gasteiger partial charge in [0.25, 0.3) is 0 Å². The summed E-state index contributed by atoms with van der Waals surface area (Å²) in [7, 11) is 0. The number of carbonyl (C=O) groups is 1. The zero-order chi connectivity index (χ0) is 17.4. The van der Waals surface area contributed by atoms with Gasteiger partial charge in [0.2, 0.25) is 0 Å². The van der Waals surface area contributed by atoms with Crippen LogP contribution < -0.4 is 0 Å². The Kier molecular flexibility index (Phi) is 7.73. The molecule has 1 aromatic carbocycles. The van der Waals surface area contributed by atoms with E-state index in [1.165, 1.54) is 24.3 Å². The zero-order valence-electron chi connectivity index (χ0n) is 15.0. The van der Waals surface area contributed by atoms with Crippen molar-refractivity contribution in [2.75, 3.05) is 6.61 Å². The van der Waals surface area contributed by atoms with Gasteiger partial charge in [0, 0.05) is 19.0 Å². The first kappa shape index (κ1) is 18.9. The Labute approximate surface area is 145 Å². The quantitative estimate of drug-likeness (QED) is 0.565. The molecular formula is C20H31NO3. The van der Waals surface area contributed by atoms with E-state index in [-0.39, 0.29) is 17.9 Å². The lowest BCUT2D eigenvalue weighted by atomic mass is 9.78. The first-order valence-electron chi connectivity index (χ1n) is 9.27. The van der Waals surface area contributed by atoms with Crippen molar-refractivity contribution in [2.45, 2.75) is 65.0 Å². The summed E-state index contributed by atoms with van der Waals surface area (Å²) in [5.74, 6) is 0.344. The number of ether oxygens (including phenoxy) is 1. The second-order valence-corrected chi connectivity index (χ2v) is 6.96. The minimum Gasteiger partial charge on any atom is -0.466 e. The number of esters is 1. The van der Waals surface area contributed by atoms with E-state index in [0.29, 0.717) is 25.5 Å². The fourth-order valence-corrected chi connectivity index (χ4v) is 3.96. The minimum atomic E-state index is -0.168. The molecule has 2 unspecified atom stereocenters. The normalized spacial score (nSPS) is 18.3. The third-order valence-electron chi connectivity index (χ3n) is 5.04. The van der Waals surface area contributed by atoms with Crippen LogP contribution in [0.4, 0.5) is 0 Å². The maximum absolute atomic E-state index is 11.9. The topological polar surface area (TPSA) is 49.8 Å². The predicted molar refractivity (Wildman–Crippen MR) is 94.5 cm³/mol. The molecule has 0 heterocycles. The lowest BCUT2D eigenvalue weighted by Crippen LogP contribution is -2.44. The molecule has 134 valence electrons. The molecule has 1 N–H and O–H groups in total. The summed E-state index contributed by atoms with van der Waals surface area (Å²) in [4.78, 5) is 11.9. The molecule has 2 atom stereocenters. The monoisotopic (exact) mass is 333 g/mol. The van der Waals surface area contributed by atoms with Gasteiger partial charge in [-0.3, -0.25) is 4.79 Å². The highest BCUT2D eigenvalue weighted by atomic mass is 16.5. The number of nitrogens with zero attached hydrogens (tertiary/aromatic N) is 1. The average Bonchev–Trinajstić information content (AvgIpc) is 2.57. The van der Waals surface area contributed by atoms with Crippen molar-refractivity contribution in [2.24, 2.45) is 11.8 Å². The smallest absolute Gasteiger partial charge is 0.306 e. The van der Waals surface area contributed by atoms with Crippen LogP contribution in [0.2, 0.25) is 0 Å². The summed E-state index contributed by atoms with van der Waals surface area (Å²) in [6, 6.07) is 10.00. The van der Waals surface area contributed by atoms with Crippen molar-refractivity contribution < 1.29 is 14.7 Å². The Morgan fingerprint density at radius 2 is 1.92 bits per heavy atom. The van der Waals surface area contributed by atoms with Crippen molar-refractivity contribution in [1.82, 2.24) is 5.06 Å². The average molecular weight is 333 g/mol. The van der Waals surface area contributed by atoms with Crippen LogP contribution in [0.25, 0.3) is 0 Å². The highest BCUT2D eigenvalue weighted by Gasteiger charge is 2.33. The highest BCUT2D eigenvalue weighted by molar-refractivity contribution is 5.69. The molecule has 1 fully saturated rings. The van der Waals surface area contributed by atoms with E-state index in [4.69, 9.17) is 4.74 Å². The van der Waals surface area contributed by atoms with Gasteiger partial charge in [0.05, 0.1) is 6.61 Å². The number of hydroxylamine groups is 2. The molecule has 0 aromatic heterocycles. The Bertz CT molecular complexity index is 485. The van der Waals surface area contributed by atoms with Crippen molar-refractivity contribution in [3.8, 4) is 0 Å². The summed E-state index contributed by atoms with van der Waals surface area (Å²) in [6.45, 7) is 4.79. The van der Waals surface area contributed by atoms with Gasteiger partial charge in [-0.1, -0.05) is 56.5 Å². The Morgan fingerprint density at radius 3 is 2.54 bits per heavy atom. The predicted octanol–water partition coefficient (Wildman–Crippen LogP) is 4.42. The van der Waals surface area contributed by atoms with Gasteiger partial charge in [-0.25, -0.2) is 0 Å². The minimum absolute atomic E-state index is 0.00471. The summed E-state index contributed by atoms with van der Waals surface area (Å²) < 4.78 is 5.11. The maximum Gasteiger partial charge on any atom is 0.306 e. The van der Waals surface area contributed by atoms with Gasteiger partial charge in [-0.15, -0.1) is 0 Å². The molecule has 0 radical (unpaired) electrons. The summed E-state index contributed by atoms with van der Waals surface area (Å²) in [5.41, 5.74) is 1.09. The molecule has 0 saturated heterocycles. The fourth-order valence-electron chi connectivity index (χ4n) is 3.96. The second kappa shape index (κ2) is 9.80. The van der Waals surface area contributed by atoms with Gasteiger partial charge >= 0.3 is 5.97 Å². The van der Waals surface area contributed by atoms with Crippen LogP contribution in [0.1, 0.15) is 57.9 Å². The van der Waals surface area contributed by atoms with Crippen molar-refractivity contribution >= 4 is 5.97 Å². The van der Waals surface area contributed by atoms with Crippen LogP contribution in [-0.2, 0) is 16.1 Å². The molecule has 0 aliphatic heterocycles. The van der Waals surface area contributed by atoms with E-state index in [9.17, 15) is 10.0 Å². The number of hydrogen-bond acceptors (Lipinski definition) is 4. The van der Waals surface area contributed by atoms with Crippen LogP contribution in [-0.4, -0.2) is 28.9 Å². The summed E-state index contributed by atoms with van der Waals surface area (Å²) in [6.07, 6.45) is 6.33.